The third-order valence-corrected chi connectivity index (χ3v) is 3.19. The van der Waals surface area contributed by atoms with E-state index in [1.807, 2.05) is 0 Å². The van der Waals surface area contributed by atoms with Crippen molar-refractivity contribution in [3.05, 3.63) is 63.7 Å². The molecule has 1 aliphatic rings. The molecule has 0 aliphatic carbocycles. The molecule has 0 aromatic heterocycles. The van der Waals surface area contributed by atoms with Crippen molar-refractivity contribution in [2.75, 3.05) is 7.11 Å². The minimum absolute atomic E-state index is 0.0241. The van der Waals surface area contributed by atoms with E-state index in [1.54, 1.807) is 6.07 Å². The van der Waals surface area contributed by atoms with Crippen molar-refractivity contribution in [2.24, 2.45) is 0 Å². The van der Waals surface area contributed by atoms with Crippen molar-refractivity contribution in [1.29, 1.82) is 5.26 Å². The Kier molecular flexibility index (Phi) is 4.37. The van der Waals surface area contributed by atoms with Gasteiger partial charge in [0.1, 0.15) is 11.8 Å². The second kappa shape index (κ2) is 6.11. The summed E-state index contributed by atoms with van der Waals surface area (Å²) in [5, 5.41) is 23.3. The number of para-hydroxylation sites is 1. The Labute approximate surface area is 133 Å². The number of benzene rings is 1. The first kappa shape index (κ1) is 17.1. The van der Waals surface area contributed by atoms with E-state index in [2.05, 4.69) is 10.1 Å². The molecule has 24 heavy (non-hydrogen) atoms. The third-order valence-electron chi connectivity index (χ3n) is 3.19. The standard InChI is InChI=1S/C14H10F3N3O4/c1-23-12-7-6-11(20(21)22)13(8-18,19-12)9-4-2-3-5-10(9)24-14(15,16)17/h2-7,19H,1H3. The van der Waals surface area contributed by atoms with E-state index in [9.17, 15) is 28.5 Å². The number of hydrogen-bond acceptors (Lipinski definition) is 6. The Bertz CT molecular complexity index is 767. The Morgan fingerprint density at radius 2 is 2.00 bits per heavy atom. The normalized spacial score (nSPS) is 20.1. The van der Waals surface area contributed by atoms with Gasteiger partial charge in [-0.15, -0.1) is 13.2 Å². The molecule has 1 aromatic carbocycles. The van der Waals surface area contributed by atoms with Gasteiger partial charge in [0.25, 0.3) is 5.70 Å². The van der Waals surface area contributed by atoms with Gasteiger partial charge in [-0.2, -0.15) is 5.26 Å². The van der Waals surface area contributed by atoms with Crippen molar-refractivity contribution in [2.45, 2.75) is 11.9 Å². The lowest BCUT2D eigenvalue weighted by molar-refractivity contribution is -0.435. The van der Waals surface area contributed by atoms with E-state index in [-0.39, 0.29) is 11.4 Å². The average molecular weight is 341 g/mol. The van der Waals surface area contributed by atoms with Crippen molar-refractivity contribution in [3.8, 4) is 11.8 Å². The highest BCUT2D eigenvalue weighted by Crippen LogP contribution is 2.40. The number of ether oxygens (including phenoxy) is 2. The maximum atomic E-state index is 12.6. The number of nitrogens with one attached hydrogen (secondary N) is 1. The zero-order chi connectivity index (χ0) is 18.0. The molecule has 0 spiro atoms. The monoisotopic (exact) mass is 341 g/mol. The zero-order valence-electron chi connectivity index (χ0n) is 12.1. The lowest BCUT2D eigenvalue weighted by Gasteiger charge is -2.30. The predicted molar refractivity (Wildman–Crippen MR) is 73.7 cm³/mol. The van der Waals surface area contributed by atoms with E-state index >= 15 is 0 Å². The maximum Gasteiger partial charge on any atom is 0.573 e. The lowest BCUT2D eigenvalue weighted by Crippen LogP contribution is -2.47. The molecule has 7 nitrogen and oxygen atoms in total. The van der Waals surface area contributed by atoms with E-state index < -0.39 is 28.3 Å². The molecule has 0 amide bonds. The van der Waals surface area contributed by atoms with Crippen molar-refractivity contribution in [1.82, 2.24) is 5.32 Å². The number of rotatable bonds is 4. The molecule has 126 valence electrons. The second-order valence-electron chi connectivity index (χ2n) is 4.57. The van der Waals surface area contributed by atoms with Gasteiger partial charge in [0, 0.05) is 17.7 Å². The molecule has 1 atom stereocenters. The summed E-state index contributed by atoms with van der Waals surface area (Å²) >= 11 is 0. The molecule has 0 saturated heterocycles. The van der Waals surface area contributed by atoms with Gasteiger partial charge in [-0.25, -0.2) is 0 Å². The van der Waals surface area contributed by atoms with Crippen LogP contribution in [0.15, 0.2) is 48.0 Å². The first-order valence-electron chi connectivity index (χ1n) is 6.39. The van der Waals surface area contributed by atoms with Crippen LogP contribution in [0.1, 0.15) is 5.56 Å². The number of nitriles is 1. The van der Waals surface area contributed by atoms with Gasteiger partial charge in [-0.05, 0) is 6.07 Å². The summed E-state index contributed by atoms with van der Waals surface area (Å²) in [6.45, 7) is 0. The number of nitro groups is 1. The number of allylic oxidation sites excluding steroid dienone is 2. The summed E-state index contributed by atoms with van der Waals surface area (Å²) in [4.78, 5) is 10.4. The van der Waals surface area contributed by atoms with Crippen LogP contribution in [0.4, 0.5) is 13.2 Å². The highest BCUT2D eigenvalue weighted by atomic mass is 19.4. The average Bonchev–Trinajstić information content (AvgIpc) is 2.53. The van der Waals surface area contributed by atoms with Crippen LogP contribution in [0.25, 0.3) is 0 Å². The molecule has 0 radical (unpaired) electrons. The van der Waals surface area contributed by atoms with Gasteiger partial charge in [0.05, 0.1) is 12.0 Å². The lowest BCUT2D eigenvalue weighted by atomic mass is 9.85. The summed E-state index contributed by atoms with van der Waals surface area (Å²) in [5.41, 5.74) is -3.25. The minimum Gasteiger partial charge on any atom is -0.482 e. The van der Waals surface area contributed by atoms with Crippen LogP contribution in [0.3, 0.4) is 0 Å². The van der Waals surface area contributed by atoms with Crippen LogP contribution in [0.5, 0.6) is 5.75 Å². The number of halogens is 3. The molecule has 1 aromatic rings. The maximum absolute atomic E-state index is 12.6. The molecule has 10 heteroatoms. The molecule has 0 bridgehead atoms. The molecular formula is C14H10F3N3O4. The van der Waals surface area contributed by atoms with Crippen LogP contribution in [-0.4, -0.2) is 18.4 Å². The van der Waals surface area contributed by atoms with Gasteiger partial charge in [-0.3, -0.25) is 10.1 Å². The van der Waals surface area contributed by atoms with E-state index in [0.29, 0.717) is 0 Å². The van der Waals surface area contributed by atoms with Crippen molar-refractivity contribution >= 4 is 0 Å². The number of alkyl halides is 3. The molecule has 1 N–H and O–H groups in total. The van der Waals surface area contributed by atoms with Crippen LogP contribution in [0.2, 0.25) is 0 Å². The van der Waals surface area contributed by atoms with E-state index in [0.717, 1.165) is 18.2 Å². The molecule has 0 fully saturated rings. The van der Waals surface area contributed by atoms with Gasteiger partial charge >= 0.3 is 6.36 Å². The number of methoxy groups -OCH3 is 1. The molecule has 0 saturated carbocycles. The summed E-state index contributed by atoms with van der Waals surface area (Å²) in [6.07, 6.45) is -2.84. The molecule has 2 rings (SSSR count). The third kappa shape index (κ3) is 3.10. The highest BCUT2D eigenvalue weighted by molar-refractivity contribution is 5.51. The Morgan fingerprint density at radius 1 is 1.33 bits per heavy atom. The SMILES string of the molecule is COC1=CC=C([N+](=O)[O-])C(C#N)(c2ccccc2OC(F)(F)F)N1. The van der Waals surface area contributed by atoms with Crippen LogP contribution < -0.4 is 10.1 Å². The van der Waals surface area contributed by atoms with Crippen LogP contribution >= 0.6 is 0 Å². The summed E-state index contributed by atoms with van der Waals surface area (Å²) in [6, 6.07) is 6.35. The topological polar surface area (TPSA) is 97.4 Å². The van der Waals surface area contributed by atoms with Crippen molar-refractivity contribution in [3.63, 3.8) is 0 Å². The summed E-state index contributed by atoms with van der Waals surface area (Å²) in [7, 11) is 1.24. The summed E-state index contributed by atoms with van der Waals surface area (Å²) in [5.74, 6) is -0.756. The smallest absolute Gasteiger partial charge is 0.482 e. The van der Waals surface area contributed by atoms with Gasteiger partial charge < -0.3 is 14.8 Å². The Morgan fingerprint density at radius 3 is 2.54 bits per heavy atom. The van der Waals surface area contributed by atoms with E-state index in [4.69, 9.17) is 4.74 Å². The predicted octanol–water partition coefficient (Wildman–Crippen LogP) is 2.56. The quantitative estimate of drug-likeness (QED) is 0.668. The second-order valence-corrected chi connectivity index (χ2v) is 4.57. The number of dihydropyridines is 1. The fourth-order valence-electron chi connectivity index (χ4n) is 2.23. The molecule has 1 aliphatic heterocycles. The molecule has 1 unspecified atom stereocenters. The summed E-state index contributed by atoms with van der Waals surface area (Å²) < 4.78 is 46.6. The highest BCUT2D eigenvalue weighted by Gasteiger charge is 2.50. The minimum atomic E-state index is -5.03. The van der Waals surface area contributed by atoms with Gasteiger partial charge in [-0.1, -0.05) is 18.2 Å². The zero-order valence-corrected chi connectivity index (χ0v) is 12.1. The fraction of sp³-hybridized carbons (Fsp3) is 0.214. The number of hydrogen-bond donors (Lipinski definition) is 1. The van der Waals surface area contributed by atoms with Gasteiger partial charge in [0.2, 0.25) is 5.54 Å². The molecular weight excluding hydrogens is 331 g/mol. The van der Waals surface area contributed by atoms with Crippen molar-refractivity contribution < 1.29 is 27.6 Å². The first-order chi connectivity index (χ1) is 11.2. The Balaban J connectivity index is 2.67. The van der Waals surface area contributed by atoms with Gasteiger partial charge in [0.15, 0.2) is 5.88 Å². The number of nitrogens with zero attached hydrogens (tertiary/aromatic N) is 2. The van der Waals surface area contributed by atoms with E-state index in [1.165, 1.54) is 25.3 Å². The fourth-order valence-corrected chi connectivity index (χ4v) is 2.23. The van der Waals surface area contributed by atoms with Crippen LogP contribution in [0, 0.1) is 21.4 Å². The largest absolute Gasteiger partial charge is 0.573 e. The molecule has 1 heterocycles. The van der Waals surface area contributed by atoms with Crippen LogP contribution in [-0.2, 0) is 10.3 Å². The first-order valence-corrected chi connectivity index (χ1v) is 6.39. The Hall–Kier alpha value is -3.22.